The quantitative estimate of drug-likeness (QED) is 0.422. The number of nitrogens with one attached hydrogen (secondary N) is 2. The minimum absolute atomic E-state index is 0.632. The molecule has 1 rings (SSSR count). The summed E-state index contributed by atoms with van der Waals surface area (Å²) in [5.41, 5.74) is 1.10. The molecule has 1 aromatic heterocycles. The van der Waals surface area contributed by atoms with E-state index in [4.69, 9.17) is 4.74 Å². The van der Waals surface area contributed by atoms with Crippen molar-refractivity contribution in [1.29, 1.82) is 0 Å². The van der Waals surface area contributed by atoms with Crippen LogP contribution in [0.25, 0.3) is 0 Å². The van der Waals surface area contributed by atoms with Gasteiger partial charge >= 0.3 is 0 Å². The molecule has 102 valence electrons. The molecule has 0 radical (unpaired) electrons. The third-order valence-electron chi connectivity index (χ3n) is 2.34. The summed E-state index contributed by atoms with van der Waals surface area (Å²) in [6.45, 7) is 5.15. The Morgan fingerprint density at radius 3 is 2.94 bits per heavy atom. The van der Waals surface area contributed by atoms with Crippen molar-refractivity contribution >= 4 is 5.96 Å². The maximum atomic E-state index is 5.00. The lowest BCUT2D eigenvalue weighted by Gasteiger charge is -2.10. The number of hydrogen-bond donors (Lipinski definition) is 2. The van der Waals surface area contributed by atoms with Gasteiger partial charge in [-0.25, -0.2) is 4.99 Å². The van der Waals surface area contributed by atoms with E-state index in [0.717, 1.165) is 37.6 Å². The first-order valence-corrected chi connectivity index (χ1v) is 6.25. The number of methoxy groups -OCH3 is 1. The Hall–Kier alpha value is -1.56. The van der Waals surface area contributed by atoms with Crippen molar-refractivity contribution < 1.29 is 4.74 Å². The van der Waals surface area contributed by atoms with E-state index in [1.165, 1.54) is 0 Å². The lowest BCUT2D eigenvalue weighted by molar-refractivity contribution is 0.195. The Labute approximate surface area is 108 Å². The molecule has 6 heteroatoms. The van der Waals surface area contributed by atoms with Crippen molar-refractivity contribution in [3.8, 4) is 0 Å². The second kappa shape index (κ2) is 8.52. The highest BCUT2D eigenvalue weighted by molar-refractivity contribution is 5.79. The largest absolute Gasteiger partial charge is 0.385 e. The fourth-order valence-electron chi connectivity index (χ4n) is 1.49. The van der Waals surface area contributed by atoms with Gasteiger partial charge in [0.05, 0.1) is 12.7 Å². The highest BCUT2D eigenvalue weighted by atomic mass is 16.5. The van der Waals surface area contributed by atoms with Crippen LogP contribution in [0.1, 0.15) is 18.9 Å². The minimum atomic E-state index is 0.632. The van der Waals surface area contributed by atoms with Gasteiger partial charge in [0, 0.05) is 45.6 Å². The standard InChI is InChI=1S/C12H23N5O/c1-4-13-12(14-6-5-7-18-3)15-8-11-9-16-17(2)10-11/h9-10H,4-8H2,1-3H3,(H2,13,14,15). The molecule has 0 aliphatic rings. The average molecular weight is 253 g/mol. The van der Waals surface area contributed by atoms with Crippen LogP contribution in [-0.4, -0.2) is 42.5 Å². The number of rotatable bonds is 7. The lowest BCUT2D eigenvalue weighted by atomic mass is 10.4. The molecule has 1 heterocycles. The molecule has 2 N–H and O–H groups in total. The minimum Gasteiger partial charge on any atom is -0.385 e. The van der Waals surface area contributed by atoms with Crippen LogP contribution in [0.15, 0.2) is 17.4 Å². The summed E-state index contributed by atoms with van der Waals surface area (Å²) in [7, 11) is 3.61. The van der Waals surface area contributed by atoms with Gasteiger partial charge in [-0.05, 0) is 13.3 Å². The summed E-state index contributed by atoms with van der Waals surface area (Å²) in [6.07, 6.45) is 4.77. The van der Waals surface area contributed by atoms with Crippen LogP contribution in [0.3, 0.4) is 0 Å². The number of aryl methyl sites for hydroxylation is 1. The second-order valence-corrected chi connectivity index (χ2v) is 3.99. The third kappa shape index (κ3) is 5.67. The van der Waals surface area contributed by atoms with E-state index in [1.54, 1.807) is 11.8 Å². The van der Waals surface area contributed by atoms with Gasteiger partial charge in [0.2, 0.25) is 0 Å². The highest BCUT2D eigenvalue weighted by Crippen LogP contribution is 1.97. The monoisotopic (exact) mass is 253 g/mol. The van der Waals surface area contributed by atoms with Gasteiger partial charge in [-0.15, -0.1) is 0 Å². The molecule has 0 fully saturated rings. The van der Waals surface area contributed by atoms with Crippen LogP contribution >= 0.6 is 0 Å². The van der Waals surface area contributed by atoms with Crippen molar-refractivity contribution in [2.24, 2.45) is 12.0 Å². The van der Waals surface area contributed by atoms with Gasteiger partial charge in [-0.1, -0.05) is 0 Å². The summed E-state index contributed by atoms with van der Waals surface area (Å²) in [5, 5.41) is 10.6. The number of ether oxygens (including phenoxy) is 1. The van der Waals surface area contributed by atoms with E-state index in [1.807, 2.05) is 19.4 Å². The van der Waals surface area contributed by atoms with E-state index in [0.29, 0.717) is 6.54 Å². The van der Waals surface area contributed by atoms with Crippen LogP contribution in [0.2, 0.25) is 0 Å². The normalized spacial score (nSPS) is 11.6. The first-order valence-electron chi connectivity index (χ1n) is 6.25. The summed E-state index contributed by atoms with van der Waals surface area (Å²) in [6, 6.07) is 0. The molecular weight excluding hydrogens is 230 g/mol. The van der Waals surface area contributed by atoms with Crippen molar-refractivity contribution in [1.82, 2.24) is 20.4 Å². The zero-order valence-electron chi connectivity index (χ0n) is 11.4. The smallest absolute Gasteiger partial charge is 0.191 e. The highest BCUT2D eigenvalue weighted by Gasteiger charge is 1.98. The maximum Gasteiger partial charge on any atom is 0.191 e. The number of guanidine groups is 1. The van der Waals surface area contributed by atoms with Crippen molar-refractivity contribution in [3.05, 3.63) is 18.0 Å². The number of hydrogen-bond acceptors (Lipinski definition) is 3. The molecule has 0 aliphatic carbocycles. The summed E-state index contributed by atoms with van der Waals surface area (Å²) >= 11 is 0. The molecule has 0 aliphatic heterocycles. The Morgan fingerprint density at radius 1 is 1.50 bits per heavy atom. The second-order valence-electron chi connectivity index (χ2n) is 3.99. The fourth-order valence-corrected chi connectivity index (χ4v) is 1.49. The predicted octanol–water partition coefficient (Wildman–Crippen LogP) is 0.512. The lowest BCUT2D eigenvalue weighted by Crippen LogP contribution is -2.38. The molecule has 0 amide bonds. The zero-order valence-corrected chi connectivity index (χ0v) is 11.4. The Bertz CT molecular complexity index is 361. The zero-order chi connectivity index (χ0) is 13.2. The van der Waals surface area contributed by atoms with Crippen molar-refractivity contribution in [3.63, 3.8) is 0 Å². The van der Waals surface area contributed by atoms with Crippen molar-refractivity contribution in [2.45, 2.75) is 19.9 Å². The Kier molecular flexibility index (Phi) is 6.86. The van der Waals surface area contributed by atoms with Gasteiger partial charge in [0.15, 0.2) is 5.96 Å². The van der Waals surface area contributed by atoms with Crippen LogP contribution in [0.5, 0.6) is 0 Å². The van der Waals surface area contributed by atoms with Crippen LogP contribution in [-0.2, 0) is 18.3 Å². The summed E-state index contributed by atoms with van der Waals surface area (Å²) < 4.78 is 6.79. The fraction of sp³-hybridized carbons (Fsp3) is 0.667. The molecule has 6 nitrogen and oxygen atoms in total. The van der Waals surface area contributed by atoms with E-state index < -0.39 is 0 Å². The first-order chi connectivity index (χ1) is 8.76. The Morgan fingerprint density at radius 2 is 2.33 bits per heavy atom. The molecule has 0 bridgehead atoms. The molecule has 0 spiro atoms. The van der Waals surface area contributed by atoms with E-state index >= 15 is 0 Å². The molecule has 0 atom stereocenters. The summed E-state index contributed by atoms with van der Waals surface area (Å²) in [4.78, 5) is 4.49. The van der Waals surface area contributed by atoms with E-state index in [-0.39, 0.29) is 0 Å². The predicted molar refractivity (Wildman–Crippen MR) is 72.5 cm³/mol. The molecule has 0 saturated heterocycles. The van der Waals surface area contributed by atoms with Crippen LogP contribution in [0.4, 0.5) is 0 Å². The first kappa shape index (κ1) is 14.5. The molecule has 0 saturated carbocycles. The average Bonchev–Trinajstić information content (AvgIpc) is 2.77. The van der Waals surface area contributed by atoms with Gasteiger partial charge < -0.3 is 15.4 Å². The van der Waals surface area contributed by atoms with Gasteiger partial charge in [-0.3, -0.25) is 4.68 Å². The van der Waals surface area contributed by atoms with Crippen LogP contribution in [0, 0.1) is 0 Å². The molecule has 18 heavy (non-hydrogen) atoms. The van der Waals surface area contributed by atoms with E-state index in [9.17, 15) is 0 Å². The molecule has 1 aromatic rings. The molecule has 0 aromatic carbocycles. The van der Waals surface area contributed by atoms with E-state index in [2.05, 4.69) is 27.6 Å². The third-order valence-corrected chi connectivity index (χ3v) is 2.34. The van der Waals surface area contributed by atoms with Crippen molar-refractivity contribution in [2.75, 3.05) is 26.8 Å². The molecule has 0 unspecified atom stereocenters. The number of aliphatic imine (C=N–C) groups is 1. The topological polar surface area (TPSA) is 63.5 Å². The molecular formula is C12H23N5O. The van der Waals surface area contributed by atoms with Gasteiger partial charge in [0.25, 0.3) is 0 Å². The maximum absolute atomic E-state index is 5.00. The van der Waals surface area contributed by atoms with Gasteiger partial charge in [-0.2, -0.15) is 5.10 Å². The number of nitrogens with zero attached hydrogens (tertiary/aromatic N) is 3. The SMILES string of the molecule is CCNC(=NCc1cnn(C)c1)NCCCOC. The summed E-state index contributed by atoms with van der Waals surface area (Å²) in [5.74, 6) is 0.831. The number of aromatic nitrogens is 2. The Balaban J connectivity index is 2.39. The van der Waals surface area contributed by atoms with Crippen LogP contribution < -0.4 is 10.6 Å². The van der Waals surface area contributed by atoms with Gasteiger partial charge in [0.1, 0.15) is 0 Å².